The fourth-order valence-electron chi connectivity index (χ4n) is 6.52. The summed E-state index contributed by atoms with van der Waals surface area (Å²) in [5.41, 5.74) is 0. The Balaban J connectivity index is 4.34. The van der Waals surface area contributed by atoms with Crippen molar-refractivity contribution in [2.45, 2.75) is 231 Å². The molecule has 5 N–H and O–H groups in total. The van der Waals surface area contributed by atoms with Crippen molar-refractivity contribution in [3.05, 3.63) is 12.2 Å². The first-order valence-corrected chi connectivity index (χ1v) is 24.7. The number of allylic oxidation sites excluding steroid dienone is 1. The molecule has 0 heterocycles. The molecule has 0 fully saturated rings. The SMILES string of the molecule is CCCCC/C=C\C[C@@H](O)[C@H](O)CCCCCCCC(=O)OC[C@H](COP(=O)(O)OC[C@@H](O)CO)OC(=O)CCCCCCCCCCCCCCCCC(C)CC. The first-order chi connectivity index (χ1) is 27.9. The van der Waals surface area contributed by atoms with Crippen LogP contribution in [0.3, 0.4) is 0 Å². The number of aliphatic hydroxyl groups is 4. The Hall–Kier alpha value is -1.37. The van der Waals surface area contributed by atoms with Gasteiger partial charge in [-0.25, -0.2) is 4.57 Å². The van der Waals surface area contributed by atoms with E-state index in [-0.39, 0.29) is 19.4 Å². The first kappa shape index (κ1) is 56.6. The highest BCUT2D eigenvalue weighted by atomic mass is 31.2. The smallest absolute Gasteiger partial charge is 0.462 e. The molecule has 58 heavy (non-hydrogen) atoms. The van der Waals surface area contributed by atoms with E-state index in [4.69, 9.17) is 19.1 Å². The number of phosphoric acid groups is 1. The first-order valence-electron chi connectivity index (χ1n) is 23.2. The van der Waals surface area contributed by atoms with Crippen molar-refractivity contribution in [1.29, 1.82) is 0 Å². The van der Waals surface area contributed by atoms with Crippen LogP contribution in [0.4, 0.5) is 0 Å². The van der Waals surface area contributed by atoms with Gasteiger partial charge in [0.1, 0.15) is 12.7 Å². The van der Waals surface area contributed by atoms with Gasteiger partial charge in [-0.15, -0.1) is 0 Å². The lowest BCUT2D eigenvalue weighted by molar-refractivity contribution is -0.161. The van der Waals surface area contributed by atoms with Gasteiger partial charge in [0.05, 0.1) is 32.0 Å². The van der Waals surface area contributed by atoms with Gasteiger partial charge in [-0.1, -0.05) is 168 Å². The molecular weight excluding hydrogens is 763 g/mol. The van der Waals surface area contributed by atoms with Crippen molar-refractivity contribution >= 4 is 19.8 Å². The third-order valence-corrected chi connectivity index (χ3v) is 11.6. The second kappa shape index (κ2) is 39.7. The second-order valence-electron chi connectivity index (χ2n) is 16.3. The second-order valence-corrected chi connectivity index (χ2v) is 17.8. The van der Waals surface area contributed by atoms with E-state index in [2.05, 4.69) is 31.4 Å². The summed E-state index contributed by atoms with van der Waals surface area (Å²) in [6.45, 7) is 4.54. The van der Waals surface area contributed by atoms with Crippen molar-refractivity contribution in [1.82, 2.24) is 0 Å². The molecule has 0 aliphatic carbocycles. The lowest BCUT2D eigenvalue weighted by Gasteiger charge is -2.20. The van der Waals surface area contributed by atoms with Gasteiger partial charge in [0.25, 0.3) is 0 Å². The molecule has 0 saturated carbocycles. The third-order valence-electron chi connectivity index (χ3n) is 10.7. The van der Waals surface area contributed by atoms with Crippen molar-refractivity contribution < 1.29 is 58.0 Å². The number of esters is 2. The van der Waals surface area contributed by atoms with Crippen molar-refractivity contribution in [3.63, 3.8) is 0 Å². The van der Waals surface area contributed by atoms with Gasteiger partial charge in [-0.2, -0.15) is 0 Å². The van der Waals surface area contributed by atoms with E-state index in [1.54, 1.807) is 0 Å². The quantitative estimate of drug-likeness (QED) is 0.0169. The van der Waals surface area contributed by atoms with Crippen LogP contribution >= 0.6 is 7.82 Å². The number of ether oxygens (including phenoxy) is 2. The molecule has 0 aliphatic rings. The Morgan fingerprint density at radius 2 is 1.10 bits per heavy atom. The fraction of sp³-hybridized carbons (Fsp3) is 0.911. The predicted octanol–water partition coefficient (Wildman–Crippen LogP) is 10.2. The molecule has 0 aromatic rings. The van der Waals surface area contributed by atoms with E-state index in [0.717, 1.165) is 63.7 Å². The molecule has 0 spiro atoms. The van der Waals surface area contributed by atoms with Crippen molar-refractivity contribution in [3.8, 4) is 0 Å². The molecule has 0 aliphatic heterocycles. The summed E-state index contributed by atoms with van der Waals surface area (Å²) in [6, 6.07) is 0. The molecule has 0 amide bonds. The molecule has 6 atom stereocenters. The maximum atomic E-state index is 12.6. The molecule has 2 unspecified atom stereocenters. The number of hydrogen-bond donors (Lipinski definition) is 5. The third kappa shape index (κ3) is 37.6. The van der Waals surface area contributed by atoms with Crippen molar-refractivity contribution in [2.75, 3.05) is 26.4 Å². The molecular formula is C45H87O12P. The summed E-state index contributed by atoms with van der Waals surface area (Å²) in [5.74, 6) is -0.163. The average Bonchev–Trinajstić information content (AvgIpc) is 3.21. The molecule has 0 aromatic carbocycles. The standard InChI is InChI=1S/C45H87O12P/c1-4-6-7-8-21-26-31-42(48)43(49)32-27-22-19-24-28-33-44(50)54-37-41(38-56-58(52,53)55-36-40(47)35-46)57-45(51)34-29-23-18-16-14-12-10-9-11-13-15-17-20-25-30-39(3)5-2/h21,26,39-43,46-49H,4-20,22-25,27-38H2,1-3H3,(H,52,53)/b26-21-/t39?,40-,41+,42+,43+/m0/s1. The van der Waals surface area contributed by atoms with E-state index < -0.39 is 64.0 Å². The summed E-state index contributed by atoms with van der Waals surface area (Å²) in [5, 5.41) is 38.8. The maximum absolute atomic E-state index is 12.6. The Kier molecular flexibility index (Phi) is 38.8. The average molecular weight is 851 g/mol. The van der Waals surface area contributed by atoms with Crippen LogP contribution in [0, 0.1) is 5.92 Å². The number of rotatable bonds is 43. The Bertz CT molecular complexity index is 1030. The highest BCUT2D eigenvalue weighted by molar-refractivity contribution is 7.47. The summed E-state index contributed by atoms with van der Waals surface area (Å²) >= 11 is 0. The topological polar surface area (TPSA) is 189 Å². The maximum Gasteiger partial charge on any atom is 0.472 e. The molecule has 13 heteroatoms. The molecule has 0 saturated heterocycles. The molecule has 0 rings (SSSR count). The van der Waals surface area contributed by atoms with Crippen LogP contribution in [0.2, 0.25) is 0 Å². The minimum Gasteiger partial charge on any atom is -0.462 e. The Morgan fingerprint density at radius 1 is 0.603 bits per heavy atom. The number of phosphoric ester groups is 1. The van der Waals surface area contributed by atoms with Crippen LogP contribution in [-0.4, -0.2) is 88.1 Å². The Labute approximate surface area is 352 Å². The summed E-state index contributed by atoms with van der Waals surface area (Å²) < 4.78 is 32.7. The van der Waals surface area contributed by atoms with Crippen LogP contribution < -0.4 is 0 Å². The molecule has 12 nitrogen and oxygen atoms in total. The molecule has 344 valence electrons. The van der Waals surface area contributed by atoms with Gasteiger partial charge >= 0.3 is 19.8 Å². The van der Waals surface area contributed by atoms with E-state index in [1.807, 2.05) is 6.08 Å². The van der Waals surface area contributed by atoms with E-state index in [9.17, 15) is 34.4 Å². The molecule has 0 aromatic heterocycles. The highest BCUT2D eigenvalue weighted by Crippen LogP contribution is 2.43. The van der Waals surface area contributed by atoms with Gasteiger partial charge in [0.2, 0.25) is 0 Å². The van der Waals surface area contributed by atoms with Crippen LogP contribution in [0.1, 0.15) is 207 Å². The predicted molar refractivity (Wildman–Crippen MR) is 231 cm³/mol. The molecule has 0 bridgehead atoms. The zero-order valence-electron chi connectivity index (χ0n) is 36.9. The zero-order valence-corrected chi connectivity index (χ0v) is 37.8. The number of carbonyl (C=O) groups is 2. The monoisotopic (exact) mass is 851 g/mol. The van der Waals surface area contributed by atoms with Crippen molar-refractivity contribution in [2.24, 2.45) is 5.92 Å². The minimum absolute atomic E-state index is 0.146. The summed E-state index contributed by atoms with van der Waals surface area (Å²) in [7, 11) is -4.65. The zero-order chi connectivity index (χ0) is 43.1. The van der Waals surface area contributed by atoms with Crippen LogP contribution in [0.5, 0.6) is 0 Å². The summed E-state index contributed by atoms with van der Waals surface area (Å²) in [6.07, 6.45) is 29.1. The number of hydrogen-bond acceptors (Lipinski definition) is 11. The number of aliphatic hydroxyl groups excluding tert-OH is 4. The fourth-order valence-corrected chi connectivity index (χ4v) is 7.31. The van der Waals surface area contributed by atoms with Gasteiger partial charge in [-0.05, 0) is 44.4 Å². The lowest BCUT2D eigenvalue weighted by Crippen LogP contribution is -2.29. The van der Waals surface area contributed by atoms with Gasteiger partial charge in [0.15, 0.2) is 6.10 Å². The number of carbonyl (C=O) groups excluding carboxylic acids is 2. The van der Waals surface area contributed by atoms with Gasteiger partial charge in [-0.3, -0.25) is 18.6 Å². The lowest BCUT2D eigenvalue weighted by atomic mass is 9.99. The van der Waals surface area contributed by atoms with E-state index in [1.165, 1.54) is 89.9 Å². The Morgan fingerprint density at radius 3 is 1.64 bits per heavy atom. The normalized spacial score (nSPS) is 15.5. The highest BCUT2D eigenvalue weighted by Gasteiger charge is 2.27. The number of unbranched alkanes of at least 4 members (excludes halogenated alkanes) is 20. The van der Waals surface area contributed by atoms with Crippen LogP contribution in [-0.2, 0) is 32.7 Å². The minimum atomic E-state index is -4.65. The van der Waals surface area contributed by atoms with E-state index >= 15 is 0 Å². The van der Waals surface area contributed by atoms with Crippen LogP contribution in [0.25, 0.3) is 0 Å². The summed E-state index contributed by atoms with van der Waals surface area (Å²) in [4.78, 5) is 35.1. The van der Waals surface area contributed by atoms with Crippen LogP contribution in [0.15, 0.2) is 12.2 Å². The van der Waals surface area contributed by atoms with Gasteiger partial charge < -0.3 is 34.8 Å². The largest absolute Gasteiger partial charge is 0.472 e. The molecule has 0 radical (unpaired) electrons. The van der Waals surface area contributed by atoms with Gasteiger partial charge in [0, 0.05) is 12.8 Å². The van der Waals surface area contributed by atoms with E-state index in [0.29, 0.717) is 25.7 Å².